The van der Waals surface area contributed by atoms with E-state index in [-0.39, 0.29) is 28.0 Å². The van der Waals surface area contributed by atoms with Crippen molar-refractivity contribution in [3.8, 4) is 17.2 Å². The first-order valence-electron chi connectivity index (χ1n) is 7.22. The number of carbonyl (C=O) groups is 2. The molecule has 7 nitrogen and oxygen atoms in total. The molecule has 0 aliphatic heterocycles. The van der Waals surface area contributed by atoms with Gasteiger partial charge in [-0.25, -0.2) is 9.59 Å². The summed E-state index contributed by atoms with van der Waals surface area (Å²) in [5.74, 6) is -2.63. The summed E-state index contributed by atoms with van der Waals surface area (Å²) < 4.78 is 15.1. The van der Waals surface area contributed by atoms with Crippen LogP contribution in [0.1, 0.15) is 17.3 Å². The van der Waals surface area contributed by atoms with Crippen molar-refractivity contribution in [3.63, 3.8) is 0 Å². The molecule has 1 N–H and O–H groups in total. The second-order valence-corrected chi connectivity index (χ2v) is 5.05. The van der Waals surface area contributed by atoms with E-state index in [0.717, 1.165) is 0 Å². The molecule has 0 fully saturated rings. The van der Waals surface area contributed by atoms with E-state index in [1.807, 2.05) is 0 Å². The molecule has 3 rings (SSSR count). The number of hydrogen-bond donors (Lipinski definition) is 1. The van der Waals surface area contributed by atoms with Crippen LogP contribution in [0.4, 0.5) is 0 Å². The molecule has 2 aromatic carbocycles. The second-order valence-electron chi connectivity index (χ2n) is 5.05. The van der Waals surface area contributed by atoms with Gasteiger partial charge in [-0.2, -0.15) is 0 Å². The van der Waals surface area contributed by atoms with Gasteiger partial charge in [-0.1, -0.05) is 24.3 Å². The first-order valence-corrected chi connectivity index (χ1v) is 7.22. The zero-order chi connectivity index (χ0) is 18.0. The van der Waals surface area contributed by atoms with E-state index in [1.54, 1.807) is 18.2 Å². The first-order chi connectivity index (χ1) is 12.0. The molecule has 0 bridgehead atoms. The fourth-order valence-electron chi connectivity index (χ4n) is 2.23. The summed E-state index contributed by atoms with van der Waals surface area (Å²) in [6.07, 6.45) is 0. The molecule has 0 amide bonds. The number of fused-ring (bicyclic) bond motifs is 1. The zero-order valence-electron chi connectivity index (χ0n) is 13.0. The fourth-order valence-corrected chi connectivity index (χ4v) is 2.23. The minimum absolute atomic E-state index is 0.0286. The van der Waals surface area contributed by atoms with Crippen LogP contribution in [-0.2, 0) is 4.79 Å². The van der Waals surface area contributed by atoms with Crippen LogP contribution >= 0.6 is 0 Å². The topological polar surface area (TPSA) is 103 Å². The molecule has 7 heteroatoms. The minimum Gasteiger partial charge on any atom is -0.499 e. The van der Waals surface area contributed by atoms with Crippen molar-refractivity contribution in [2.24, 2.45) is 0 Å². The van der Waals surface area contributed by atoms with Crippen LogP contribution in [0.3, 0.4) is 0 Å². The number of esters is 2. The lowest BCUT2D eigenvalue weighted by molar-refractivity contribution is -0.131. The SMILES string of the molecule is CC(=O)Oc1cccc2c(OC(=O)c3ccccc3)c(O)c(=O)oc12. The van der Waals surface area contributed by atoms with Crippen LogP contribution in [0.5, 0.6) is 17.2 Å². The fraction of sp³-hybridized carbons (Fsp3) is 0.0556. The molecule has 0 spiro atoms. The van der Waals surface area contributed by atoms with Gasteiger partial charge in [0.25, 0.3) is 0 Å². The molecule has 0 saturated heterocycles. The van der Waals surface area contributed by atoms with Gasteiger partial charge >= 0.3 is 17.6 Å². The van der Waals surface area contributed by atoms with Crippen LogP contribution in [0.2, 0.25) is 0 Å². The van der Waals surface area contributed by atoms with Crippen LogP contribution in [0.25, 0.3) is 11.0 Å². The highest BCUT2D eigenvalue weighted by atomic mass is 16.6. The lowest BCUT2D eigenvalue weighted by atomic mass is 10.2. The Morgan fingerprint density at radius 2 is 1.72 bits per heavy atom. The number of carbonyl (C=O) groups excluding carboxylic acids is 2. The third-order valence-corrected chi connectivity index (χ3v) is 3.28. The third kappa shape index (κ3) is 3.20. The van der Waals surface area contributed by atoms with E-state index in [4.69, 9.17) is 13.9 Å². The molecule has 0 aliphatic rings. The molecule has 0 unspecified atom stereocenters. The lowest BCUT2D eigenvalue weighted by Crippen LogP contribution is -2.11. The van der Waals surface area contributed by atoms with Gasteiger partial charge in [0, 0.05) is 6.92 Å². The Hall–Kier alpha value is -3.61. The highest BCUT2D eigenvalue weighted by Gasteiger charge is 2.21. The van der Waals surface area contributed by atoms with E-state index in [9.17, 15) is 19.5 Å². The summed E-state index contributed by atoms with van der Waals surface area (Å²) >= 11 is 0. The smallest absolute Gasteiger partial charge is 0.382 e. The second kappa shape index (κ2) is 6.48. The molecule has 0 atom stereocenters. The maximum atomic E-state index is 12.2. The van der Waals surface area contributed by atoms with Crippen molar-refractivity contribution in [2.75, 3.05) is 0 Å². The summed E-state index contributed by atoms with van der Waals surface area (Å²) in [5, 5.41) is 10.1. The molecular formula is C18H12O7. The van der Waals surface area contributed by atoms with Crippen molar-refractivity contribution in [1.29, 1.82) is 0 Å². The van der Waals surface area contributed by atoms with Gasteiger partial charge in [0.05, 0.1) is 10.9 Å². The van der Waals surface area contributed by atoms with Gasteiger partial charge in [-0.3, -0.25) is 4.79 Å². The van der Waals surface area contributed by atoms with Crippen molar-refractivity contribution in [1.82, 2.24) is 0 Å². The molecule has 1 aromatic heterocycles. The van der Waals surface area contributed by atoms with Crippen molar-refractivity contribution >= 4 is 22.9 Å². The summed E-state index contributed by atoms with van der Waals surface area (Å²) in [6.45, 7) is 1.19. The van der Waals surface area contributed by atoms with Gasteiger partial charge in [-0.15, -0.1) is 0 Å². The zero-order valence-corrected chi connectivity index (χ0v) is 13.0. The maximum absolute atomic E-state index is 12.2. The molecule has 0 saturated carbocycles. The molecule has 1 heterocycles. The van der Waals surface area contributed by atoms with E-state index < -0.39 is 23.3 Å². The summed E-state index contributed by atoms with van der Waals surface area (Å²) in [5.41, 5.74) is -1.00. The predicted molar refractivity (Wildman–Crippen MR) is 86.9 cm³/mol. The molecule has 25 heavy (non-hydrogen) atoms. The number of hydrogen-bond acceptors (Lipinski definition) is 7. The lowest BCUT2D eigenvalue weighted by Gasteiger charge is -2.10. The number of ether oxygens (including phenoxy) is 2. The number of para-hydroxylation sites is 1. The van der Waals surface area contributed by atoms with Crippen LogP contribution in [0, 0.1) is 0 Å². The van der Waals surface area contributed by atoms with Gasteiger partial charge in [0.15, 0.2) is 17.1 Å². The minimum atomic E-state index is -1.12. The Morgan fingerprint density at radius 3 is 2.40 bits per heavy atom. The largest absolute Gasteiger partial charge is 0.499 e. The average Bonchev–Trinajstić information content (AvgIpc) is 2.60. The van der Waals surface area contributed by atoms with Crippen LogP contribution in [0.15, 0.2) is 57.7 Å². The Bertz CT molecular complexity index is 1020. The van der Waals surface area contributed by atoms with E-state index in [2.05, 4.69) is 0 Å². The Morgan fingerprint density at radius 1 is 1.00 bits per heavy atom. The normalized spacial score (nSPS) is 10.4. The van der Waals surface area contributed by atoms with Crippen LogP contribution in [-0.4, -0.2) is 17.0 Å². The standard InChI is InChI=1S/C18H12O7/c1-10(19)23-13-9-5-8-12-15(13)24-18(22)14(20)16(12)25-17(21)11-6-3-2-4-7-11/h2-9,20H,1H3. The maximum Gasteiger partial charge on any atom is 0.382 e. The Kier molecular flexibility index (Phi) is 4.21. The molecule has 0 aliphatic carbocycles. The van der Waals surface area contributed by atoms with Gasteiger partial charge < -0.3 is 19.0 Å². The Balaban J connectivity index is 2.14. The van der Waals surface area contributed by atoms with Crippen molar-refractivity contribution in [3.05, 3.63) is 64.5 Å². The van der Waals surface area contributed by atoms with Crippen molar-refractivity contribution < 1.29 is 28.6 Å². The van der Waals surface area contributed by atoms with Crippen molar-refractivity contribution in [2.45, 2.75) is 6.92 Å². The third-order valence-electron chi connectivity index (χ3n) is 3.28. The first kappa shape index (κ1) is 16.3. The molecule has 126 valence electrons. The van der Waals surface area contributed by atoms with Crippen LogP contribution < -0.4 is 15.1 Å². The highest BCUT2D eigenvalue weighted by molar-refractivity contribution is 5.96. The summed E-state index contributed by atoms with van der Waals surface area (Å²) in [7, 11) is 0. The number of aromatic hydroxyl groups is 1. The quantitative estimate of drug-likeness (QED) is 0.444. The van der Waals surface area contributed by atoms with E-state index in [0.29, 0.717) is 0 Å². The highest BCUT2D eigenvalue weighted by Crippen LogP contribution is 2.36. The molecule has 3 aromatic rings. The summed E-state index contributed by atoms with van der Waals surface area (Å²) in [4.78, 5) is 35.3. The predicted octanol–water partition coefficient (Wildman–Crippen LogP) is 2.64. The van der Waals surface area contributed by atoms with E-state index in [1.165, 1.54) is 37.3 Å². The average molecular weight is 340 g/mol. The van der Waals surface area contributed by atoms with E-state index >= 15 is 0 Å². The molecule has 0 radical (unpaired) electrons. The monoisotopic (exact) mass is 340 g/mol. The summed E-state index contributed by atoms with van der Waals surface area (Å²) in [6, 6.07) is 12.4. The number of rotatable bonds is 3. The van der Waals surface area contributed by atoms with Gasteiger partial charge in [0.1, 0.15) is 0 Å². The van der Waals surface area contributed by atoms with Gasteiger partial charge in [-0.05, 0) is 24.3 Å². The van der Waals surface area contributed by atoms with Gasteiger partial charge in [0.2, 0.25) is 5.75 Å². The molecular weight excluding hydrogens is 328 g/mol. The number of benzene rings is 2. The Labute approximate surface area is 141 Å².